The van der Waals surface area contributed by atoms with E-state index in [1.807, 2.05) is 20.8 Å². The molecule has 2 amide bonds. The number of halogens is 3. The van der Waals surface area contributed by atoms with Crippen molar-refractivity contribution in [1.82, 2.24) is 10.2 Å². The van der Waals surface area contributed by atoms with Gasteiger partial charge in [-0.1, -0.05) is 65.5 Å². The van der Waals surface area contributed by atoms with E-state index in [1.165, 1.54) is 29.2 Å². The topological polar surface area (TPSA) is 86.8 Å². The van der Waals surface area contributed by atoms with Gasteiger partial charge in [0.2, 0.25) is 11.8 Å². The van der Waals surface area contributed by atoms with Gasteiger partial charge in [-0.05, 0) is 75.7 Å². The molecule has 0 fully saturated rings. The number of aryl methyl sites for hydroxylation is 1. The summed E-state index contributed by atoms with van der Waals surface area (Å²) in [4.78, 5) is 28.4. The number of nitrogens with one attached hydrogen (secondary N) is 1. The van der Waals surface area contributed by atoms with Gasteiger partial charge < -0.3 is 10.2 Å². The number of rotatable bonds is 11. The smallest absolute Gasteiger partial charge is 0.264 e. The Kier molecular flexibility index (Phi) is 10.9. The summed E-state index contributed by atoms with van der Waals surface area (Å²) in [5, 5.41) is 3.91. The van der Waals surface area contributed by atoms with Crippen molar-refractivity contribution < 1.29 is 18.0 Å². The Morgan fingerprint density at radius 3 is 2.02 bits per heavy atom. The maximum atomic E-state index is 14.0. The van der Waals surface area contributed by atoms with Crippen LogP contribution in [0.5, 0.6) is 0 Å². The molecule has 0 radical (unpaired) electrons. The molecular formula is C29H32Cl3N3O4S. The van der Waals surface area contributed by atoms with Gasteiger partial charge in [-0.15, -0.1) is 0 Å². The number of carbonyl (C=O) groups is 2. The van der Waals surface area contributed by atoms with Crippen LogP contribution in [0.2, 0.25) is 15.1 Å². The van der Waals surface area contributed by atoms with E-state index in [0.29, 0.717) is 32.7 Å². The predicted octanol–water partition coefficient (Wildman–Crippen LogP) is 6.48. The monoisotopic (exact) mass is 623 g/mol. The van der Waals surface area contributed by atoms with Crippen molar-refractivity contribution in [1.29, 1.82) is 0 Å². The molecule has 0 heterocycles. The lowest BCUT2D eigenvalue weighted by Crippen LogP contribution is -2.52. The molecule has 3 aromatic carbocycles. The maximum absolute atomic E-state index is 14.0. The number of sulfonamides is 1. The van der Waals surface area contributed by atoms with Gasteiger partial charge in [0.05, 0.1) is 10.6 Å². The van der Waals surface area contributed by atoms with Crippen LogP contribution in [-0.4, -0.2) is 43.8 Å². The first kappa shape index (κ1) is 31.7. The minimum Gasteiger partial charge on any atom is -0.352 e. The fourth-order valence-electron chi connectivity index (χ4n) is 3.88. The highest BCUT2D eigenvalue weighted by molar-refractivity contribution is 7.92. The molecule has 0 spiro atoms. The number of carbonyl (C=O) groups excluding carboxylic acids is 2. The minimum atomic E-state index is -4.20. The molecule has 7 nitrogen and oxygen atoms in total. The number of benzene rings is 3. The number of anilines is 1. The van der Waals surface area contributed by atoms with Crippen LogP contribution in [0.15, 0.2) is 71.6 Å². The Hall–Kier alpha value is -2.78. The van der Waals surface area contributed by atoms with Crippen LogP contribution < -0.4 is 9.62 Å². The predicted molar refractivity (Wildman–Crippen MR) is 162 cm³/mol. The summed E-state index contributed by atoms with van der Waals surface area (Å²) in [7, 11) is -4.20. The summed E-state index contributed by atoms with van der Waals surface area (Å²) >= 11 is 18.8. The number of hydrogen-bond acceptors (Lipinski definition) is 4. The average Bonchev–Trinajstić information content (AvgIpc) is 2.91. The first-order valence-corrected chi connectivity index (χ1v) is 15.3. The Bertz CT molecular complexity index is 1430. The summed E-state index contributed by atoms with van der Waals surface area (Å²) in [5.41, 5.74) is 1.66. The molecule has 1 N–H and O–H groups in total. The van der Waals surface area contributed by atoms with Crippen molar-refractivity contribution in [2.45, 2.75) is 57.6 Å². The van der Waals surface area contributed by atoms with Crippen LogP contribution in [0.25, 0.3) is 0 Å². The molecule has 3 aromatic rings. The third-order valence-corrected chi connectivity index (χ3v) is 9.31. The van der Waals surface area contributed by atoms with Crippen LogP contribution in [0.3, 0.4) is 0 Å². The summed E-state index contributed by atoms with van der Waals surface area (Å²) in [5.74, 6) is -0.991. The normalized spacial score (nSPS) is 12.9. The lowest BCUT2D eigenvalue weighted by Gasteiger charge is -2.33. The average molecular weight is 625 g/mol. The third kappa shape index (κ3) is 7.69. The quantitative estimate of drug-likeness (QED) is 0.265. The molecule has 0 aromatic heterocycles. The van der Waals surface area contributed by atoms with Crippen LogP contribution in [0, 0.1) is 6.92 Å². The molecule has 0 aliphatic carbocycles. The number of amides is 2. The fraction of sp³-hybridized carbons (Fsp3) is 0.310. The van der Waals surface area contributed by atoms with Crippen molar-refractivity contribution in [3.05, 3.63) is 92.9 Å². The molecule has 0 unspecified atom stereocenters. The van der Waals surface area contributed by atoms with Crippen LogP contribution in [0.4, 0.5) is 5.69 Å². The Labute approximate surface area is 251 Å². The molecule has 214 valence electrons. The van der Waals surface area contributed by atoms with Gasteiger partial charge >= 0.3 is 0 Å². The molecule has 0 saturated heterocycles. The van der Waals surface area contributed by atoms with Gasteiger partial charge in [0.1, 0.15) is 12.6 Å². The van der Waals surface area contributed by atoms with Gasteiger partial charge in [-0.2, -0.15) is 0 Å². The molecule has 2 atom stereocenters. The van der Waals surface area contributed by atoms with Gasteiger partial charge in [0.25, 0.3) is 10.0 Å². The highest BCUT2D eigenvalue weighted by atomic mass is 35.5. The highest BCUT2D eigenvalue weighted by Crippen LogP contribution is 2.29. The molecule has 11 heteroatoms. The SMILES string of the molecule is CC[C@@H](C)NC(=O)[C@H](C)N(Cc1c(Cl)cccc1Cl)C(=O)CN(c1ccc(C)cc1)S(=O)(=O)c1ccc(Cl)cc1. The van der Waals surface area contributed by atoms with Crippen LogP contribution >= 0.6 is 34.8 Å². The zero-order chi connectivity index (χ0) is 29.6. The second-order valence-corrected chi connectivity index (χ2v) is 12.6. The summed E-state index contributed by atoms with van der Waals surface area (Å²) in [6.45, 7) is 6.58. The van der Waals surface area contributed by atoms with E-state index in [1.54, 1.807) is 49.4 Å². The molecule has 0 aliphatic heterocycles. The lowest BCUT2D eigenvalue weighted by molar-refractivity contribution is -0.139. The molecule has 3 rings (SSSR count). The Morgan fingerprint density at radius 1 is 0.900 bits per heavy atom. The number of hydrogen-bond donors (Lipinski definition) is 1. The Balaban J connectivity index is 2.06. The third-order valence-electron chi connectivity index (χ3n) is 6.56. The van der Waals surface area contributed by atoms with Gasteiger partial charge in [0.15, 0.2) is 0 Å². The van der Waals surface area contributed by atoms with E-state index >= 15 is 0 Å². The van der Waals surface area contributed by atoms with Gasteiger partial charge in [0, 0.05) is 33.2 Å². The molecular weight excluding hydrogens is 593 g/mol. The van der Waals surface area contributed by atoms with Crippen molar-refractivity contribution >= 4 is 62.3 Å². The van der Waals surface area contributed by atoms with E-state index < -0.39 is 28.5 Å². The van der Waals surface area contributed by atoms with Crippen molar-refractivity contribution in [3.8, 4) is 0 Å². The zero-order valence-corrected chi connectivity index (χ0v) is 25.8. The summed E-state index contributed by atoms with van der Waals surface area (Å²) < 4.78 is 28.7. The van der Waals surface area contributed by atoms with Crippen molar-refractivity contribution in [3.63, 3.8) is 0 Å². The Morgan fingerprint density at radius 2 is 1.48 bits per heavy atom. The van der Waals surface area contributed by atoms with Crippen molar-refractivity contribution in [2.75, 3.05) is 10.8 Å². The van der Waals surface area contributed by atoms with E-state index in [4.69, 9.17) is 34.8 Å². The number of nitrogens with zero attached hydrogens (tertiary/aromatic N) is 2. The maximum Gasteiger partial charge on any atom is 0.264 e. The second kappa shape index (κ2) is 13.7. The summed E-state index contributed by atoms with van der Waals surface area (Å²) in [6, 6.07) is 16.4. The van der Waals surface area contributed by atoms with Crippen LogP contribution in [-0.2, 0) is 26.2 Å². The second-order valence-electron chi connectivity index (χ2n) is 9.52. The highest BCUT2D eigenvalue weighted by Gasteiger charge is 2.33. The zero-order valence-electron chi connectivity index (χ0n) is 22.7. The summed E-state index contributed by atoms with van der Waals surface area (Å²) in [6.07, 6.45) is 0.698. The van der Waals surface area contributed by atoms with E-state index in [-0.39, 0.29) is 23.4 Å². The van der Waals surface area contributed by atoms with Gasteiger partial charge in [-0.3, -0.25) is 13.9 Å². The molecule has 0 aliphatic rings. The van der Waals surface area contributed by atoms with E-state index in [9.17, 15) is 18.0 Å². The standard InChI is InChI=1S/C29H32Cl3N3O4S/c1-5-20(3)33-29(37)21(4)34(17-25-26(31)7-6-8-27(25)32)28(36)18-35(23-13-9-19(2)10-14-23)40(38,39)24-15-11-22(30)12-16-24/h6-16,20-21H,5,17-18H2,1-4H3,(H,33,37)/t20-,21+/m1/s1. The van der Waals surface area contributed by atoms with E-state index in [0.717, 1.165) is 9.87 Å². The molecule has 0 bridgehead atoms. The lowest BCUT2D eigenvalue weighted by atomic mass is 10.1. The van der Waals surface area contributed by atoms with E-state index in [2.05, 4.69) is 5.32 Å². The van der Waals surface area contributed by atoms with Crippen LogP contribution in [0.1, 0.15) is 38.3 Å². The first-order valence-electron chi connectivity index (χ1n) is 12.7. The largest absolute Gasteiger partial charge is 0.352 e. The molecule has 0 saturated carbocycles. The van der Waals surface area contributed by atoms with Crippen molar-refractivity contribution in [2.24, 2.45) is 0 Å². The fourth-order valence-corrected chi connectivity index (χ4v) is 5.93. The van der Waals surface area contributed by atoms with Gasteiger partial charge in [-0.25, -0.2) is 8.42 Å². The first-order chi connectivity index (χ1) is 18.8. The minimum absolute atomic E-state index is 0.0338. The molecule has 40 heavy (non-hydrogen) atoms.